The summed E-state index contributed by atoms with van der Waals surface area (Å²) >= 11 is 0. The summed E-state index contributed by atoms with van der Waals surface area (Å²) in [5, 5.41) is 22.3. The van der Waals surface area contributed by atoms with Gasteiger partial charge in [-0.05, 0) is 19.1 Å². The van der Waals surface area contributed by atoms with Crippen molar-refractivity contribution < 1.29 is 9.90 Å². The molecule has 2 N–H and O–H groups in total. The van der Waals surface area contributed by atoms with Gasteiger partial charge >= 0.3 is 5.97 Å². The van der Waals surface area contributed by atoms with Crippen LogP contribution in [-0.2, 0) is 6.54 Å². The first-order valence-corrected chi connectivity index (χ1v) is 7.87. The van der Waals surface area contributed by atoms with E-state index in [0.29, 0.717) is 17.6 Å². The Morgan fingerprint density at radius 2 is 2.08 bits per heavy atom. The van der Waals surface area contributed by atoms with Gasteiger partial charge in [-0.25, -0.2) is 4.79 Å². The van der Waals surface area contributed by atoms with Crippen molar-refractivity contribution in [2.24, 2.45) is 0 Å². The van der Waals surface area contributed by atoms with Crippen LogP contribution in [0.25, 0.3) is 10.9 Å². The van der Waals surface area contributed by atoms with Crippen molar-refractivity contribution in [1.29, 1.82) is 5.26 Å². The predicted molar refractivity (Wildman–Crippen MR) is 90.6 cm³/mol. The number of aryl methyl sites for hydroxylation is 1. The van der Waals surface area contributed by atoms with E-state index in [-0.39, 0.29) is 10.9 Å². The molecule has 0 amide bonds. The number of hydrogen-bond acceptors (Lipinski definition) is 5. The van der Waals surface area contributed by atoms with E-state index < -0.39 is 11.4 Å². The number of hydrogen-bond donors (Lipinski definition) is 2. The van der Waals surface area contributed by atoms with E-state index >= 15 is 0 Å². The number of aromatic carboxylic acids is 1. The van der Waals surface area contributed by atoms with Gasteiger partial charge in [0.2, 0.25) is 5.43 Å². The van der Waals surface area contributed by atoms with Crippen molar-refractivity contribution in [2.75, 3.05) is 31.1 Å². The highest BCUT2D eigenvalue weighted by Crippen LogP contribution is 2.26. The number of carboxylic acids is 1. The quantitative estimate of drug-likeness (QED) is 0.873. The molecule has 7 nitrogen and oxygen atoms in total. The number of carboxylic acid groups (broad SMARTS) is 1. The largest absolute Gasteiger partial charge is 0.477 e. The summed E-state index contributed by atoms with van der Waals surface area (Å²) in [7, 11) is 0. The van der Waals surface area contributed by atoms with Gasteiger partial charge in [0.05, 0.1) is 16.8 Å². The van der Waals surface area contributed by atoms with Crippen LogP contribution in [0.15, 0.2) is 23.1 Å². The zero-order chi connectivity index (χ0) is 17.3. The number of piperazine rings is 1. The van der Waals surface area contributed by atoms with Crippen molar-refractivity contribution in [3.8, 4) is 6.07 Å². The van der Waals surface area contributed by atoms with E-state index in [0.717, 1.165) is 31.9 Å². The van der Waals surface area contributed by atoms with Gasteiger partial charge in [-0.1, -0.05) is 0 Å². The number of nitrogens with one attached hydrogen (secondary N) is 1. The standard InChI is InChI=1S/C17H18N4O3/c1-2-20-10-13(17(23)24)16(22)12-7-11(9-18)14(8-15(12)20)21-5-3-19-4-6-21/h7-8,10,19H,2-6H2,1H3,(H,23,24). The molecule has 24 heavy (non-hydrogen) atoms. The maximum atomic E-state index is 12.5. The molecule has 0 atom stereocenters. The van der Waals surface area contributed by atoms with E-state index in [1.807, 2.05) is 13.0 Å². The molecule has 0 bridgehead atoms. The summed E-state index contributed by atoms with van der Waals surface area (Å²) in [4.78, 5) is 25.9. The van der Waals surface area contributed by atoms with Crippen molar-refractivity contribution in [3.63, 3.8) is 0 Å². The third-order valence-corrected chi connectivity index (χ3v) is 4.35. The Labute approximate surface area is 138 Å². The molecule has 0 aliphatic carbocycles. The van der Waals surface area contributed by atoms with Gasteiger partial charge in [-0.2, -0.15) is 5.26 Å². The first kappa shape index (κ1) is 16.0. The van der Waals surface area contributed by atoms with Crippen LogP contribution < -0.4 is 15.6 Å². The first-order chi connectivity index (χ1) is 11.6. The van der Waals surface area contributed by atoms with Crippen LogP contribution in [0, 0.1) is 11.3 Å². The topological polar surface area (TPSA) is 98.4 Å². The van der Waals surface area contributed by atoms with Gasteiger partial charge in [0.25, 0.3) is 0 Å². The maximum absolute atomic E-state index is 12.5. The molecule has 1 saturated heterocycles. The summed E-state index contributed by atoms with van der Waals surface area (Å²) < 4.78 is 1.74. The maximum Gasteiger partial charge on any atom is 0.341 e. The number of benzene rings is 1. The molecule has 7 heteroatoms. The van der Waals surface area contributed by atoms with Crippen LogP contribution in [-0.4, -0.2) is 41.8 Å². The van der Waals surface area contributed by atoms with Crippen LogP contribution in [0.5, 0.6) is 0 Å². The van der Waals surface area contributed by atoms with Gasteiger partial charge in [-0.3, -0.25) is 4.79 Å². The number of nitriles is 1. The van der Waals surface area contributed by atoms with Crippen LogP contribution in [0.2, 0.25) is 0 Å². The molecule has 2 aromatic rings. The van der Waals surface area contributed by atoms with Crippen molar-refractivity contribution in [3.05, 3.63) is 39.7 Å². The number of nitrogens with zero attached hydrogens (tertiary/aromatic N) is 3. The normalized spacial score (nSPS) is 14.6. The molecule has 1 aromatic carbocycles. The summed E-state index contributed by atoms with van der Waals surface area (Å²) in [6, 6.07) is 5.49. The monoisotopic (exact) mass is 326 g/mol. The number of aromatic nitrogens is 1. The number of anilines is 1. The summed E-state index contributed by atoms with van der Waals surface area (Å²) in [5.41, 5.74) is 1.01. The van der Waals surface area contributed by atoms with E-state index in [4.69, 9.17) is 0 Å². The fourth-order valence-electron chi connectivity index (χ4n) is 3.10. The molecule has 1 fully saturated rings. The average molecular weight is 326 g/mol. The second-order valence-corrected chi connectivity index (χ2v) is 5.70. The lowest BCUT2D eigenvalue weighted by molar-refractivity contribution is 0.0695. The van der Waals surface area contributed by atoms with Gasteiger partial charge in [0.1, 0.15) is 11.6 Å². The van der Waals surface area contributed by atoms with E-state index in [1.54, 1.807) is 4.57 Å². The lowest BCUT2D eigenvalue weighted by Crippen LogP contribution is -2.43. The fraction of sp³-hybridized carbons (Fsp3) is 0.353. The van der Waals surface area contributed by atoms with Crippen molar-refractivity contribution in [1.82, 2.24) is 9.88 Å². The number of carbonyl (C=O) groups is 1. The van der Waals surface area contributed by atoms with Crippen LogP contribution in [0.4, 0.5) is 5.69 Å². The van der Waals surface area contributed by atoms with E-state index in [9.17, 15) is 20.0 Å². The fourth-order valence-corrected chi connectivity index (χ4v) is 3.10. The van der Waals surface area contributed by atoms with E-state index in [2.05, 4.69) is 16.3 Å². The lowest BCUT2D eigenvalue weighted by Gasteiger charge is -2.30. The number of pyridine rings is 1. The molecule has 0 spiro atoms. The Hall–Kier alpha value is -2.85. The lowest BCUT2D eigenvalue weighted by atomic mass is 10.0. The Morgan fingerprint density at radius 1 is 1.38 bits per heavy atom. The Balaban J connectivity index is 2.30. The third-order valence-electron chi connectivity index (χ3n) is 4.35. The smallest absolute Gasteiger partial charge is 0.341 e. The zero-order valence-electron chi connectivity index (χ0n) is 13.4. The van der Waals surface area contributed by atoms with Crippen LogP contribution in [0.1, 0.15) is 22.8 Å². The molecular weight excluding hydrogens is 308 g/mol. The highest BCUT2D eigenvalue weighted by atomic mass is 16.4. The zero-order valence-corrected chi connectivity index (χ0v) is 13.4. The summed E-state index contributed by atoms with van der Waals surface area (Å²) in [6.07, 6.45) is 1.38. The second kappa shape index (κ2) is 6.34. The summed E-state index contributed by atoms with van der Waals surface area (Å²) in [5.74, 6) is -1.26. The third kappa shape index (κ3) is 2.61. The van der Waals surface area contributed by atoms with Gasteiger partial charge in [0, 0.05) is 44.3 Å². The molecule has 1 aliphatic rings. The van der Waals surface area contributed by atoms with Gasteiger partial charge < -0.3 is 19.9 Å². The molecule has 2 heterocycles. The van der Waals surface area contributed by atoms with Gasteiger partial charge in [-0.15, -0.1) is 0 Å². The van der Waals surface area contributed by atoms with Gasteiger partial charge in [0.15, 0.2) is 0 Å². The second-order valence-electron chi connectivity index (χ2n) is 5.70. The number of fused-ring (bicyclic) bond motifs is 1. The number of rotatable bonds is 3. The molecular formula is C17H18N4O3. The van der Waals surface area contributed by atoms with Crippen LogP contribution >= 0.6 is 0 Å². The SMILES string of the molecule is CCn1cc(C(=O)O)c(=O)c2cc(C#N)c(N3CCNCC3)cc21. The van der Waals surface area contributed by atoms with Crippen LogP contribution in [0.3, 0.4) is 0 Å². The Morgan fingerprint density at radius 3 is 2.67 bits per heavy atom. The van der Waals surface area contributed by atoms with E-state index in [1.165, 1.54) is 12.3 Å². The van der Waals surface area contributed by atoms with Crippen molar-refractivity contribution in [2.45, 2.75) is 13.5 Å². The minimum absolute atomic E-state index is 0.271. The Kier molecular flexibility index (Phi) is 4.23. The minimum Gasteiger partial charge on any atom is -0.477 e. The highest BCUT2D eigenvalue weighted by Gasteiger charge is 2.19. The highest BCUT2D eigenvalue weighted by molar-refractivity contribution is 5.94. The van der Waals surface area contributed by atoms with Crippen molar-refractivity contribution >= 4 is 22.6 Å². The summed E-state index contributed by atoms with van der Waals surface area (Å²) in [6.45, 7) is 5.65. The predicted octanol–water partition coefficient (Wildman–Crippen LogP) is 1.00. The Bertz CT molecular complexity index is 905. The first-order valence-electron chi connectivity index (χ1n) is 7.87. The average Bonchev–Trinajstić information content (AvgIpc) is 2.61. The minimum atomic E-state index is -1.26. The molecule has 0 unspecified atom stereocenters. The molecule has 0 radical (unpaired) electrons. The molecule has 3 rings (SSSR count). The molecule has 1 aliphatic heterocycles. The molecule has 1 aromatic heterocycles. The molecule has 124 valence electrons. The molecule has 0 saturated carbocycles.